The van der Waals surface area contributed by atoms with E-state index in [1.54, 1.807) is 28.5 Å². The second kappa shape index (κ2) is 17.3. The molecule has 4 heteroatoms. The molecule has 2 atom stereocenters. The van der Waals surface area contributed by atoms with Gasteiger partial charge >= 0.3 is 70.8 Å². The fourth-order valence-corrected chi connectivity index (χ4v) is 7.79. The summed E-state index contributed by atoms with van der Waals surface area (Å²) in [6.07, 6.45) is 11.5. The van der Waals surface area contributed by atoms with Crippen molar-refractivity contribution in [2.75, 3.05) is 0 Å². The Kier molecular flexibility index (Phi) is 14.1. The Hall–Kier alpha value is -2.74. The van der Waals surface area contributed by atoms with E-state index in [-0.39, 0.29) is 30.2 Å². The van der Waals surface area contributed by atoms with Gasteiger partial charge in [-0.25, -0.2) is 11.1 Å². The van der Waals surface area contributed by atoms with Crippen LogP contribution in [-0.4, -0.2) is 5.43 Å². The molecule has 0 aromatic heterocycles. The summed E-state index contributed by atoms with van der Waals surface area (Å²) in [6.45, 7) is 11.0. The normalized spacial score (nSPS) is 16.4. The van der Waals surface area contributed by atoms with Crippen LogP contribution in [-0.2, 0) is 23.3 Å². The Morgan fingerprint density at radius 1 is 0.533 bits per heavy atom. The molecule has 0 nitrogen and oxygen atoms in total. The molecule has 5 aromatic rings. The predicted octanol–water partition coefficient (Wildman–Crippen LogP) is 4.31. The third-order valence-electron chi connectivity index (χ3n) is 7.90. The number of benzene rings is 5. The number of hydrogen-bond acceptors (Lipinski definition) is 0. The van der Waals surface area contributed by atoms with E-state index in [1.165, 1.54) is 55.0 Å². The van der Waals surface area contributed by atoms with Crippen LogP contribution in [0.4, 0.5) is 0 Å². The first kappa shape index (κ1) is 36.7. The van der Waals surface area contributed by atoms with Gasteiger partial charge in [-0.3, -0.25) is 12.2 Å². The van der Waals surface area contributed by atoms with Crippen molar-refractivity contribution in [1.29, 1.82) is 0 Å². The molecule has 0 fully saturated rings. The van der Waals surface area contributed by atoms with Gasteiger partial charge < -0.3 is 24.8 Å². The summed E-state index contributed by atoms with van der Waals surface area (Å²) in [7, 11) is 0. The van der Waals surface area contributed by atoms with Crippen LogP contribution in [0.2, 0.25) is 6.55 Å². The quantitative estimate of drug-likeness (QED) is 0.193. The first-order chi connectivity index (χ1) is 20.8. The molecular formula is C41H38Cl2SiZr-2. The molecule has 0 radical (unpaired) electrons. The summed E-state index contributed by atoms with van der Waals surface area (Å²) < 4.78 is 0. The average Bonchev–Trinajstić information content (AvgIpc) is 3.55. The van der Waals surface area contributed by atoms with E-state index in [0.29, 0.717) is 11.8 Å². The third-order valence-corrected chi connectivity index (χ3v) is 11.2. The standard InChI is InChI=1S/2C17H15.C7H8Si.2ClH.Zr/c2*1-12-10-13(2)17(11-12)16-9-5-7-14-6-3-4-8-15(14)16;1-8-7-5-3-2-4-6-7;;;/h2*3-9,11-12H,1-2H3;2-6H,1H3;2*1H;/q2*-1;;;;+2/p-2. The molecule has 0 saturated heterocycles. The van der Waals surface area contributed by atoms with Crippen LogP contribution in [0.5, 0.6) is 0 Å². The van der Waals surface area contributed by atoms with Crippen molar-refractivity contribution in [1.82, 2.24) is 0 Å². The van der Waals surface area contributed by atoms with Gasteiger partial charge in [0.1, 0.15) is 0 Å². The van der Waals surface area contributed by atoms with Crippen molar-refractivity contribution in [2.24, 2.45) is 11.8 Å². The molecule has 7 rings (SSSR count). The largest absolute Gasteiger partial charge is 1.00 e. The zero-order valence-corrected chi connectivity index (χ0v) is 31.5. The van der Waals surface area contributed by atoms with Crippen LogP contribution >= 0.6 is 0 Å². The van der Waals surface area contributed by atoms with Crippen molar-refractivity contribution in [3.63, 3.8) is 0 Å². The van der Waals surface area contributed by atoms with Crippen LogP contribution in [0.15, 0.2) is 139 Å². The van der Waals surface area contributed by atoms with Crippen molar-refractivity contribution in [3.8, 4) is 0 Å². The minimum Gasteiger partial charge on any atom is -1.00 e. The summed E-state index contributed by atoms with van der Waals surface area (Å²) in [6, 6.07) is 40.9. The van der Waals surface area contributed by atoms with E-state index in [4.69, 9.17) is 0 Å². The van der Waals surface area contributed by atoms with Gasteiger partial charge in [-0.15, -0.1) is 0 Å². The van der Waals surface area contributed by atoms with Crippen LogP contribution in [0, 0.1) is 24.0 Å². The molecule has 0 heterocycles. The van der Waals surface area contributed by atoms with E-state index in [2.05, 4.69) is 174 Å². The predicted molar refractivity (Wildman–Crippen MR) is 185 cm³/mol. The van der Waals surface area contributed by atoms with E-state index < -0.39 is 0 Å². The van der Waals surface area contributed by atoms with E-state index in [9.17, 15) is 0 Å². The fraction of sp³-hybridized carbons (Fsp3) is 0.171. The van der Waals surface area contributed by atoms with Gasteiger partial charge in [0.05, 0.1) is 0 Å². The second-order valence-corrected chi connectivity index (χ2v) is 18.7. The molecule has 45 heavy (non-hydrogen) atoms. The summed E-state index contributed by atoms with van der Waals surface area (Å²) in [5.41, 5.74) is 7.77. The minimum absolute atomic E-state index is 0. The van der Waals surface area contributed by atoms with E-state index in [1.807, 2.05) is 0 Å². The Morgan fingerprint density at radius 3 is 1.27 bits per heavy atom. The van der Waals surface area contributed by atoms with E-state index >= 15 is 0 Å². The van der Waals surface area contributed by atoms with E-state index in [0.717, 1.165) is 0 Å². The van der Waals surface area contributed by atoms with Crippen LogP contribution in [0.1, 0.15) is 38.8 Å². The SMILES string of the molecule is CC1=[C-]C(C)C=C1c1cccc2ccccc12.CC1=[C-]C(C)C=C1c1cccc2ccccc12.C[Si](=[Zr+2])c1ccccc1.[Cl-].[Cl-]. The zero-order chi connectivity index (χ0) is 30.3. The van der Waals surface area contributed by atoms with Gasteiger partial charge in [-0.05, 0) is 21.5 Å². The Labute approximate surface area is 297 Å². The van der Waals surface area contributed by atoms with Gasteiger partial charge in [0.15, 0.2) is 0 Å². The number of rotatable bonds is 3. The molecule has 0 aliphatic heterocycles. The van der Waals surface area contributed by atoms with Crippen LogP contribution in [0.25, 0.3) is 32.7 Å². The monoisotopic (exact) mass is 718 g/mol. The molecule has 2 unspecified atom stereocenters. The second-order valence-electron chi connectivity index (χ2n) is 11.3. The van der Waals surface area contributed by atoms with Gasteiger partial charge in [-0.2, -0.15) is 23.3 Å². The maximum atomic E-state index is 3.45. The third kappa shape index (κ3) is 9.17. The molecule has 2 aliphatic carbocycles. The molecule has 0 N–H and O–H groups in total. The average molecular weight is 721 g/mol. The molecule has 5 aromatic carbocycles. The Balaban J connectivity index is 0.000000189. The maximum absolute atomic E-state index is 3.45. The topological polar surface area (TPSA) is 0 Å². The van der Waals surface area contributed by atoms with Crippen molar-refractivity contribution in [3.05, 3.63) is 162 Å². The Bertz CT molecular complexity index is 1770. The molecule has 2 aliphatic rings. The van der Waals surface area contributed by atoms with Crippen molar-refractivity contribution < 1.29 is 48.1 Å². The van der Waals surface area contributed by atoms with Gasteiger partial charge in [0, 0.05) is 0 Å². The smallest absolute Gasteiger partial charge is 1.00 e. The van der Waals surface area contributed by atoms with Gasteiger partial charge in [0.25, 0.3) is 0 Å². The van der Waals surface area contributed by atoms with Crippen LogP contribution in [0.3, 0.4) is 0 Å². The fourth-order valence-electron chi connectivity index (χ4n) is 5.86. The minimum atomic E-state index is -0.122. The summed E-state index contributed by atoms with van der Waals surface area (Å²) in [4.78, 5) is 0. The molecule has 226 valence electrons. The Morgan fingerprint density at radius 2 is 0.911 bits per heavy atom. The number of halogens is 2. The first-order valence-corrected chi connectivity index (χ1v) is 20.7. The summed E-state index contributed by atoms with van der Waals surface area (Å²) >= 11 is 1.69. The number of fused-ring (bicyclic) bond motifs is 2. The zero-order valence-electron chi connectivity index (χ0n) is 26.5. The van der Waals surface area contributed by atoms with Gasteiger partial charge in [-0.1, -0.05) is 136 Å². The number of allylic oxidation sites excluding steroid dienone is 8. The molecule has 0 saturated carbocycles. The van der Waals surface area contributed by atoms with Crippen molar-refractivity contribution >= 4 is 43.3 Å². The first-order valence-electron chi connectivity index (χ1n) is 15.0. The molecule has 0 spiro atoms. The summed E-state index contributed by atoms with van der Waals surface area (Å²) in [5, 5.41) is 6.82. The van der Waals surface area contributed by atoms with Crippen LogP contribution < -0.4 is 30.0 Å². The molecule has 0 bridgehead atoms. The summed E-state index contributed by atoms with van der Waals surface area (Å²) in [5.74, 6) is 0.868. The maximum Gasteiger partial charge on any atom is -1.00 e. The molecule has 0 amide bonds. The van der Waals surface area contributed by atoms with Crippen molar-refractivity contribution in [2.45, 2.75) is 34.2 Å². The van der Waals surface area contributed by atoms with Gasteiger partial charge in [0.2, 0.25) is 0 Å². The molecular weight excluding hydrogens is 683 g/mol. The number of hydrogen-bond donors (Lipinski definition) is 0.